The van der Waals surface area contributed by atoms with Crippen LogP contribution in [0.15, 0.2) is 24.4 Å². The number of ether oxygens (including phenoxy) is 1. The number of aryl methyl sites for hydroxylation is 2. The van der Waals surface area contributed by atoms with Crippen LogP contribution in [0.2, 0.25) is 0 Å². The molecule has 0 spiro atoms. The Kier molecular flexibility index (Phi) is 5.54. The van der Waals surface area contributed by atoms with E-state index in [0.717, 1.165) is 22.7 Å². The molecule has 0 amide bonds. The molecule has 1 aliphatic carbocycles. The second kappa shape index (κ2) is 8.13. The second-order valence-corrected chi connectivity index (χ2v) is 8.42. The van der Waals surface area contributed by atoms with Gasteiger partial charge in [-0.2, -0.15) is 18.2 Å². The van der Waals surface area contributed by atoms with Gasteiger partial charge in [0, 0.05) is 29.8 Å². The monoisotopic (exact) mass is 436 g/mol. The van der Waals surface area contributed by atoms with Gasteiger partial charge in [-0.15, -0.1) is 10.2 Å². The predicted octanol–water partition coefficient (Wildman–Crippen LogP) is 4.15. The highest BCUT2D eigenvalue weighted by molar-refractivity contribution is 7.11. The topological polar surface area (TPSA) is 85.7 Å². The highest BCUT2D eigenvalue weighted by atomic mass is 32.1. The van der Waals surface area contributed by atoms with Crippen LogP contribution >= 0.6 is 11.3 Å². The van der Waals surface area contributed by atoms with Gasteiger partial charge < -0.3 is 10.1 Å². The fraction of sp³-hybridized carbons (Fsp3) is 0.421. The third-order valence-electron chi connectivity index (χ3n) is 4.63. The number of nitrogens with zero attached hydrogens (tertiary/aromatic N) is 5. The smallest absolute Gasteiger partial charge is 0.451 e. The molecular weight excluding hydrogens is 417 g/mol. The summed E-state index contributed by atoms with van der Waals surface area (Å²) < 4.78 is 45.2. The lowest BCUT2D eigenvalue weighted by Gasteiger charge is -2.12. The molecule has 2 atom stereocenters. The molecule has 1 fully saturated rings. The first kappa shape index (κ1) is 20.5. The fourth-order valence-electron chi connectivity index (χ4n) is 2.98. The van der Waals surface area contributed by atoms with E-state index >= 15 is 0 Å². The van der Waals surface area contributed by atoms with E-state index in [2.05, 4.69) is 30.5 Å². The van der Waals surface area contributed by atoms with Crippen molar-refractivity contribution in [2.75, 3.05) is 11.9 Å². The molecule has 0 unspecified atom stereocenters. The number of nitrogens with one attached hydrogen (secondary N) is 1. The summed E-state index contributed by atoms with van der Waals surface area (Å²) in [6.07, 6.45) is -1.99. The molecule has 3 aromatic heterocycles. The van der Waals surface area contributed by atoms with Crippen LogP contribution in [0, 0.1) is 19.8 Å². The van der Waals surface area contributed by atoms with E-state index in [9.17, 15) is 13.2 Å². The predicted molar refractivity (Wildman–Crippen MR) is 104 cm³/mol. The largest absolute Gasteiger partial charge is 0.477 e. The minimum absolute atomic E-state index is 0.0210. The van der Waals surface area contributed by atoms with Crippen LogP contribution in [0.1, 0.15) is 39.4 Å². The minimum Gasteiger partial charge on any atom is -0.477 e. The summed E-state index contributed by atoms with van der Waals surface area (Å²) in [5, 5.41) is 12.1. The summed E-state index contributed by atoms with van der Waals surface area (Å²) in [4.78, 5) is 11.5. The third-order valence-corrected chi connectivity index (χ3v) is 5.47. The minimum atomic E-state index is -4.68. The summed E-state index contributed by atoms with van der Waals surface area (Å²) in [7, 11) is 0. The summed E-state index contributed by atoms with van der Waals surface area (Å²) >= 11 is 1.35. The lowest BCUT2D eigenvalue weighted by molar-refractivity contribution is -0.145. The maximum absolute atomic E-state index is 13.2. The molecule has 30 heavy (non-hydrogen) atoms. The molecule has 3 heterocycles. The average molecular weight is 436 g/mol. The van der Waals surface area contributed by atoms with E-state index in [4.69, 9.17) is 4.74 Å². The molecule has 1 saturated carbocycles. The quantitative estimate of drug-likeness (QED) is 0.595. The number of aromatic nitrogens is 5. The van der Waals surface area contributed by atoms with Gasteiger partial charge in [0.2, 0.25) is 11.7 Å². The molecule has 0 aromatic carbocycles. The van der Waals surface area contributed by atoms with Crippen molar-refractivity contribution >= 4 is 17.2 Å². The standard InChI is InChI=1S/C19H19F3N6OS/c1-10-3-4-14(23-7-10)13-5-12(13)9-29-16-6-15(25-18(26-16)19(20,21)22)24-8-17-28-27-11(2)30-17/h3-4,6-7,12-13H,5,8-9H2,1-2H3,(H,24,25,26)/t12-,13+/m1/s1. The van der Waals surface area contributed by atoms with Crippen molar-refractivity contribution < 1.29 is 17.9 Å². The van der Waals surface area contributed by atoms with E-state index in [0.29, 0.717) is 5.01 Å². The Bertz CT molecular complexity index is 1020. The van der Waals surface area contributed by atoms with Crippen LogP contribution in [0.5, 0.6) is 5.88 Å². The SMILES string of the molecule is Cc1ccc([C@H]2C[C@@H]2COc2cc(NCc3nnc(C)s3)nc(C(F)(F)F)n2)nc1. The van der Waals surface area contributed by atoms with Crippen molar-refractivity contribution in [1.82, 2.24) is 25.1 Å². The van der Waals surface area contributed by atoms with Gasteiger partial charge in [-0.1, -0.05) is 17.4 Å². The molecular formula is C19H19F3N6OS. The molecule has 1 aliphatic rings. The van der Waals surface area contributed by atoms with Crippen LogP contribution in [0.3, 0.4) is 0 Å². The van der Waals surface area contributed by atoms with Crippen molar-refractivity contribution in [2.45, 2.75) is 38.9 Å². The van der Waals surface area contributed by atoms with Crippen molar-refractivity contribution in [1.29, 1.82) is 0 Å². The number of anilines is 1. The Morgan fingerprint density at radius 2 is 2.03 bits per heavy atom. The molecule has 158 valence electrons. The fourth-order valence-corrected chi connectivity index (χ4v) is 3.63. The molecule has 7 nitrogen and oxygen atoms in total. The highest BCUT2D eigenvalue weighted by Gasteiger charge is 2.40. The first-order chi connectivity index (χ1) is 14.3. The average Bonchev–Trinajstić information content (AvgIpc) is 3.36. The molecule has 3 aromatic rings. The van der Waals surface area contributed by atoms with E-state index in [1.54, 1.807) is 6.92 Å². The van der Waals surface area contributed by atoms with E-state index in [-0.39, 0.29) is 36.7 Å². The molecule has 4 rings (SSSR count). The van der Waals surface area contributed by atoms with Crippen molar-refractivity contribution in [3.05, 3.63) is 51.5 Å². The van der Waals surface area contributed by atoms with Crippen molar-refractivity contribution in [2.24, 2.45) is 5.92 Å². The van der Waals surface area contributed by atoms with Crippen LogP contribution < -0.4 is 10.1 Å². The molecule has 0 bridgehead atoms. The van der Waals surface area contributed by atoms with Crippen LogP contribution in [0.4, 0.5) is 19.0 Å². The Labute approximate surface area is 174 Å². The Balaban J connectivity index is 1.42. The van der Waals surface area contributed by atoms with Crippen LogP contribution in [-0.4, -0.2) is 31.8 Å². The van der Waals surface area contributed by atoms with Crippen LogP contribution in [-0.2, 0) is 12.7 Å². The lowest BCUT2D eigenvalue weighted by atomic mass is 10.2. The first-order valence-corrected chi connectivity index (χ1v) is 10.1. The van der Waals surface area contributed by atoms with Crippen molar-refractivity contribution in [3.63, 3.8) is 0 Å². The summed E-state index contributed by atoms with van der Waals surface area (Å²) in [6, 6.07) is 5.34. The molecule has 0 aliphatic heterocycles. The zero-order valence-electron chi connectivity index (χ0n) is 16.3. The Morgan fingerprint density at radius 3 is 2.70 bits per heavy atom. The van der Waals surface area contributed by atoms with E-state index in [1.807, 2.05) is 25.3 Å². The molecule has 0 radical (unpaired) electrons. The Morgan fingerprint density at radius 1 is 1.20 bits per heavy atom. The van der Waals surface area contributed by atoms with Gasteiger partial charge in [-0.3, -0.25) is 4.98 Å². The zero-order valence-corrected chi connectivity index (χ0v) is 17.1. The summed E-state index contributed by atoms with van der Waals surface area (Å²) in [5.41, 5.74) is 2.05. The summed E-state index contributed by atoms with van der Waals surface area (Å²) in [6.45, 7) is 4.25. The number of hydrogen-bond acceptors (Lipinski definition) is 8. The van der Waals surface area contributed by atoms with Gasteiger partial charge >= 0.3 is 6.18 Å². The number of pyridine rings is 1. The van der Waals surface area contributed by atoms with E-state index < -0.39 is 12.0 Å². The first-order valence-electron chi connectivity index (χ1n) is 9.32. The van der Waals surface area contributed by atoms with Crippen molar-refractivity contribution in [3.8, 4) is 5.88 Å². The van der Waals surface area contributed by atoms with Gasteiger partial charge in [-0.05, 0) is 31.9 Å². The van der Waals surface area contributed by atoms with Gasteiger partial charge in [0.25, 0.3) is 0 Å². The lowest BCUT2D eigenvalue weighted by Crippen LogP contribution is -2.15. The molecule has 1 N–H and O–H groups in total. The van der Waals surface area contributed by atoms with Crippen LogP contribution in [0.25, 0.3) is 0 Å². The second-order valence-electron chi connectivity index (χ2n) is 7.15. The normalized spacial score (nSPS) is 18.3. The van der Waals surface area contributed by atoms with Gasteiger partial charge in [0.1, 0.15) is 15.8 Å². The van der Waals surface area contributed by atoms with Gasteiger partial charge in [0.15, 0.2) is 0 Å². The third kappa shape index (κ3) is 5.02. The number of halogens is 3. The Hall–Kier alpha value is -2.82. The number of hydrogen-bond donors (Lipinski definition) is 1. The molecule has 0 saturated heterocycles. The summed E-state index contributed by atoms with van der Waals surface area (Å²) in [5.74, 6) is -0.884. The zero-order chi connectivity index (χ0) is 21.3. The van der Waals surface area contributed by atoms with Gasteiger partial charge in [-0.25, -0.2) is 4.98 Å². The maximum Gasteiger partial charge on any atom is 0.451 e. The number of alkyl halides is 3. The van der Waals surface area contributed by atoms with E-state index in [1.165, 1.54) is 17.4 Å². The van der Waals surface area contributed by atoms with Gasteiger partial charge in [0.05, 0.1) is 13.2 Å². The number of rotatable bonds is 7. The maximum atomic E-state index is 13.2. The molecule has 11 heteroatoms. The highest BCUT2D eigenvalue weighted by Crippen LogP contribution is 2.46.